The average molecular weight is 364 g/mol. The molecule has 0 saturated carbocycles. The second kappa shape index (κ2) is 9.14. The van der Waals surface area contributed by atoms with Crippen LogP contribution in [0, 0.1) is 11.3 Å². The molecule has 0 aliphatic carbocycles. The van der Waals surface area contributed by atoms with Gasteiger partial charge >= 0.3 is 0 Å². The molecular weight excluding hydrogens is 334 g/mol. The van der Waals surface area contributed by atoms with Gasteiger partial charge in [0.05, 0.1) is 5.88 Å². The second-order valence-electron chi connectivity index (χ2n) is 7.57. The summed E-state index contributed by atoms with van der Waals surface area (Å²) in [6, 6.07) is -0.295. The fourth-order valence-electron chi connectivity index (χ4n) is 2.92. The van der Waals surface area contributed by atoms with Gasteiger partial charge in [-0.1, -0.05) is 20.8 Å². The molecule has 2 saturated heterocycles. The maximum Gasteiger partial charge on any atom is 0.243 e. The third-order valence-electron chi connectivity index (χ3n) is 4.15. The molecule has 5 nitrogen and oxygen atoms in total. The summed E-state index contributed by atoms with van der Waals surface area (Å²) < 4.78 is 0. The Labute approximate surface area is 150 Å². The van der Waals surface area contributed by atoms with E-state index in [1.807, 2.05) is 0 Å². The minimum absolute atomic E-state index is 0. The van der Waals surface area contributed by atoms with Crippen molar-refractivity contribution in [3.05, 3.63) is 0 Å². The highest BCUT2D eigenvalue weighted by Crippen LogP contribution is 2.26. The van der Waals surface area contributed by atoms with Crippen LogP contribution in [0.25, 0.3) is 0 Å². The van der Waals surface area contributed by atoms with Gasteiger partial charge in [-0.05, 0) is 37.3 Å². The van der Waals surface area contributed by atoms with Gasteiger partial charge in [-0.25, -0.2) is 0 Å². The van der Waals surface area contributed by atoms with E-state index in [9.17, 15) is 9.59 Å². The summed E-state index contributed by atoms with van der Waals surface area (Å²) in [5.74, 6) is 1.98. The number of thioether (sulfide) groups is 1. The molecule has 2 amide bonds. The average Bonchev–Trinajstić information content (AvgIpc) is 2.93. The van der Waals surface area contributed by atoms with Crippen LogP contribution in [0.3, 0.4) is 0 Å². The zero-order valence-electron chi connectivity index (χ0n) is 14.4. The minimum Gasteiger partial charge on any atom is -0.354 e. The fourth-order valence-corrected chi connectivity index (χ4v) is 4.10. The smallest absolute Gasteiger partial charge is 0.243 e. The van der Waals surface area contributed by atoms with E-state index in [2.05, 4.69) is 31.4 Å². The van der Waals surface area contributed by atoms with E-state index in [4.69, 9.17) is 0 Å². The fraction of sp³-hybridized carbons (Fsp3) is 0.875. The van der Waals surface area contributed by atoms with Crippen LogP contribution >= 0.6 is 24.2 Å². The first-order chi connectivity index (χ1) is 10.4. The molecule has 2 unspecified atom stereocenters. The van der Waals surface area contributed by atoms with Gasteiger partial charge < -0.3 is 15.5 Å². The Morgan fingerprint density at radius 1 is 1.35 bits per heavy atom. The number of carbonyl (C=O) groups excluding carboxylic acids is 2. The number of hydrogen-bond acceptors (Lipinski definition) is 4. The lowest BCUT2D eigenvalue weighted by molar-refractivity contribution is -0.139. The predicted molar refractivity (Wildman–Crippen MR) is 97.9 cm³/mol. The van der Waals surface area contributed by atoms with E-state index in [1.54, 1.807) is 16.7 Å². The Hall–Kier alpha value is -0.460. The first kappa shape index (κ1) is 20.6. The molecule has 2 aliphatic rings. The number of piperidine rings is 1. The van der Waals surface area contributed by atoms with Crippen LogP contribution in [0.1, 0.15) is 40.0 Å². The third kappa shape index (κ3) is 6.51. The van der Waals surface area contributed by atoms with E-state index in [1.165, 1.54) is 12.8 Å². The van der Waals surface area contributed by atoms with E-state index in [0.29, 0.717) is 30.5 Å². The van der Waals surface area contributed by atoms with Crippen LogP contribution in [0.2, 0.25) is 0 Å². The largest absolute Gasteiger partial charge is 0.354 e. The lowest BCUT2D eigenvalue weighted by Gasteiger charge is -2.28. The van der Waals surface area contributed by atoms with Gasteiger partial charge in [0.1, 0.15) is 6.04 Å². The van der Waals surface area contributed by atoms with Gasteiger partial charge in [0.15, 0.2) is 0 Å². The third-order valence-corrected chi connectivity index (χ3v) is 5.16. The Kier molecular flexibility index (Phi) is 8.18. The van der Waals surface area contributed by atoms with Crippen molar-refractivity contribution in [1.82, 2.24) is 15.5 Å². The maximum atomic E-state index is 12.4. The lowest BCUT2D eigenvalue weighted by Crippen LogP contribution is -2.49. The zero-order chi connectivity index (χ0) is 16.2. The molecule has 2 N–H and O–H groups in total. The summed E-state index contributed by atoms with van der Waals surface area (Å²) in [6.07, 6.45) is 2.83. The Bertz CT molecular complexity index is 409. The summed E-state index contributed by atoms with van der Waals surface area (Å²) in [5.41, 5.74) is -0.0425. The first-order valence-corrected chi connectivity index (χ1v) is 9.38. The van der Waals surface area contributed by atoms with Gasteiger partial charge in [-0.15, -0.1) is 24.2 Å². The maximum absolute atomic E-state index is 12.4. The minimum atomic E-state index is -0.295. The summed E-state index contributed by atoms with van der Waals surface area (Å²) in [4.78, 5) is 26.6. The number of amides is 2. The van der Waals surface area contributed by atoms with Crippen LogP contribution in [0.4, 0.5) is 0 Å². The van der Waals surface area contributed by atoms with E-state index < -0.39 is 0 Å². The van der Waals surface area contributed by atoms with E-state index in [-0.39, 0.29) is 35.7 Å². The molecule has 2 aliphatic heterocycles. The van der Waals surface area contributed by atoms with E-state index in [0.717, 1.165) is 13.1 Å². The molecule has 23 heavy (non-hydrogen) atoms. The van der Waals surface area contributed by atoms with Crippen molar-refractivity contribution in [2.75, 3.05) is 31.3 Å². The Morgan fingerprint density at radius 3 is 2.70 bits per heavy atom. The highest BCUT2D eigenvalue weighted by molar-refractivity contribution is 7.99. The van der Waals surface area contributed by atoms with Gasteiger partial charge in [0, 0.05) is 18.7 Å². The highest BCUT2D eigenvalue weighted by Gasteiger charge is 2.35. The van der Waals surface area contributed by atoms with E-state index >= 15 is 0 Å². The zero-order valence-corrected chi connectivity index (χ0v) is 16.0. The van der Waals surface area contributed by atoms with Crippen molar-refractivity contribution in [3.8, 4) is 0 Å². The molecular formula is C16H30ClN3O2S. The first-order valence-electron chi connectivity index (χ1n) is 8.22. The Morgan fingerprint density at radius 2 is 2.09 bits per heavy atom. The van der Waals surface area contributed by atoms with Crippen molar-refractivity contribution in [2.45, 2.75) is 46.1 Å². The molecule has 2 heterocycles. The van der Waals surface area contributed by atoms with Crippen LogP contribution in [0.15, 0.2) is 0 Å². The summed E-state index contributed by atoms with van der Waals surface area (Å²) >= 11 is 1.67. The van der Waals surface area contributed by atoms with Crippen molar-refractivity contribution < 1.29 is 9.59 Å². The monoisotopic (exact) mass is 363 g/mol. The number of hydrogen-bond donors (Lipinski definition) is 2. The molecule has 0 bridgehead atoms. The predicted octanol–water partition coefficient (Wildman–Crippen LogP) is 1.86. The van der Waals surface area contributed by atoms with Crippen molar-refractivity contribution >= 4 is 36.0 Å². The molecule has 2 fully saturated rings. The number of carbonyl (C=O) groups is 2. The van der Waals surface area contributed by atoms with Crippen LogP contribution in [-0.2, 0) is 9.59 Å². The molecule has 0 radical (unpaired) electrons. The van der Waals surface area contributed by atoms with Gasteiger partial charge in [-0.3, -0.25) is 9.59 Å². The number of halogens is 1. The van der Waals surface area contributed by atoms with Crippen molar-refractivity contribution in [1.29, 1.82) is 0 Å². The molecule has 0 aromatic rings. The van der Waals surface area contributed by atoms with Gasteiger partial charge in [-0.2, -0.15) is 0 Å². The lowest BCUT2D eigenvalue weighted by atomic mass is 9.91. The van der Waals surface area contributed by atoms with Crippen LogP contribution < -0.4 is 10.6 Å². The Balaban J connectivity index is 0.00000264. The molecule has 134 valence electrons. The summed E-state index contributed by atoms with van der Waals surface area (Å²) in [5, 5.41) is 6.42. The number of nitrogens with one attached hydrogen (secondary N) is 2. The van der Waals surface area contributed by atoms with Crippen molar-refractivity contribution in [3.63, 3.8) is 0 Å². The highest BCUT2D eigenvalue weighted by atomic mass is 35.5. The molecule has 0 spiro atoms. The van der Waals surface area contributed by atoms with Crippen LogP contribution in [0.5, 0.6) is 0 Å². The molecule has 0 aromatic heterocycles. The van der Waals surface area contributed by atoms with Crippen LogP contribution in [-0.4, -0.2) is 54.0 Å². The van der Waals surface area contributed by atoms with Crippen molar-refractivity contribution in [2.24, 2.45) is 11.3 Å². The topological polar surface area (TPSA) is 61.4 Å². The van der Waals surface area contributed by atoms with Gasteiger partial charge in [0.25, 0.3) is 0 Å². The summed E-state index contributed by atoms with van der Waals surface area (Å²) in [6.45, 7) is 8.94. The normalized spacial score (nSPS) is 24.9. The molecule has 2 rings (SSSR count). The standard InChI is InChI=1S/C16H29N3O2S.ClH/c1-16(2,3)7-14(20)19-11-22-10-13(19)15(21)18-9-12-5-4-6-17-8-12;/h12-13,17H,4-11H2,1-3H3,(H,18,21);1H. The quantitative estimate of drug-likeness (QED) is 0.800. The summed E-state index contributed by atoms with van der Waals surface area (Å²) in [7, 11) is 0. The molecule has 2 atom stereocenters. The molecule has 0 aromatic carbocycles. The second-order valence-corrected chi connectivity index (χ2v) is 8.57. The number of rotatable bonds is 4. The van der Waals surface area contributed by atoms with Gasteiger partial charge in [0.2, 0.25) is 11.8 Å². The molecule has 7 heteroatoms. The SMILES string of the molecule is CC(C)(C)CC(=O)N1CSCC1C(=O)NCC1CCCNC1.Cl. The number of nitrogens with zero attached hydrogens (tertiary/aromatic N) is 1.